The number of hydrogen-bond donors (Lipinski definition) is 1. The Bertz CT molecular complexity index is 480. The molecule has 9 heteroatoms. The zero-order chi connectivity index (χ0) is 14.6. The van der Waals surface area contributed by atoms with E-state index in [1.807, 2.05) is 0 Å². The van der Waals surface area contributed by atoms with Gasteiger partial charge < -0.3 is 15.2 Å². The fraction of sp³-hybridized carbons (Fsp3) is 0.400. The third-order valence-corrected chi connectivity index (χ3v) is 3.06. The van der Waals surface area contributed by atoms with Crippen LogP contribution in [0.1, 0.15) is 11.1 Å². The number of hydrogen-bond acceptors (Lipinski definition) is 5. The van der Waals surface area contributed by atoms with Gasteiger partial charge in [-0.05, 0) is 22.6 Å². The first-order valence-electron chi connectivity index (χ1n) is 4.97. The number of pyridine rings is 1. The molecule has 19 heavy (non-hydrogen) atoms. The van der Waals surface area contributed by atoms with Crippen LogP contribution in [-0.4, -0.2) is 24.4 Å². The van der Waals surface area contributed by atoms with Crippen molar-refractivity contribution in [3.05, 3.63) is 21.0 Å². The van der Waals surface area contributed by atoms with Crippen molar-refractivity contribution in [2.75, 3.05) is 7.11 Å². The van der Waals surface area contributed by atoms with Crippen LogP contribution in [-0.2, 0) is 22.5 Å². The van der Waals surface area contributed by atoms with Crippen LogP contribution in [0, 0.1) is 3.70 Å². The maximum atomic E-state index is 12.4. The molecule has 0 fully saturated rings. The molecule has 1 aromatic rings. The van der Waals surface area contributed by atoms with Crippen molar-refractivity contribution in [2.45, 2.75) is 19.3 Å². The minimum Gasteiger partial charge on any atom is -0.469 e. The summed E-state index contributed by atoms with van der Waals surface area (Å²) in [5.41, 5.74) is 5.42. The molecule has 106 valence electrons. The predicted molar refractivity (Wildman–Crippen MR) is 67.2 cm³/mol. The minimum atomic E-state index is -4.88. The maximum absolute atomic E-state index is 12.4. The average molecular weight is 390 g/mol. The van der Waals surface area contributed by atoms with E-state index in [4.69, 9.17) is 5.73 Å². The van der Waals surface area contributed by atoms with Gasteiger partial charge in [0, 0.05) is 23.9 Å². The van der Waals surface area contributed by atoms with E-state index in [0.717, 1.165) is 7.11 Å². The summed E-state index contributed by atoms with van der Waals surface area (Å²) < 4.78 is 45.8. The van der Waals surface area contributed by atoms with Gasteiger partial charge in [0.15, 0.2) is 0 Å². The first-order chi connectivity index (χ1) is 8.78. The molecule has 0 amide bonds. The van der Waals surface area contributed by atoms with Gasteiger partial charge >= 0.3 is 12.3 Å². The molecule has 0 saturated heterocycles. The number of aromatic nitrogens is 1. The van der Waals surface area contributed by atoms with E-state index in [1.165, 1.54) is 6.20 Å². The number of alkyl halides is 3. The van der Waals surface area contributed by atoms with E-state index in [9.17, 15) is 18.0 Å². The van der Waals surface area contributed by atoms with E-state index in [0.29, 0.717) is 0 Å². The zero-order valence-electron chi connectivity index (χ0n) is 9.75. The lowest BCUT2D eigenvalue weighted by Gasteiger charge is -2.16. The number of halogens is 4. The first-order valence-corrected chi connectivity index (χ1v) is 6.05. The number of ether oxygens (including phenoxy) is 2. The first kappa shape index (κ1) is 16.0. The number of esters is 1. The van der Waals surface area contributed by atoms with Crippen molar-refractivity contribution < 1.29 is 27.4 Å². The van der Waals surface area contributed by atoms with Gasteiger partial charge in [0.2, 0.25) is 0 Å². The number of nitrogens with zero attached hydrogens (tertiary/aromatic N) is 1. The number of carbonyl (C=O) groups is 1. The number of rotatable bonds is 4. The van der Waals surface area contributed by atoms with E-state index < -0.39 is 18.1 Å². The summed E-state index contributed by atoms with van der Waals surface area (Å²) in [7, 11) is 1.14. The Balaban J connectivity index is 3.28. The molecular formula is C10H10F3IN2O3. The van der Waals surface area contributed by atoms with Crippen LogP contribution in [0.2, 0.25) is 0 Å². The van der Waals surface area contributed by atoms with Crippen molar-refractivity contribution >= 4 is 28.6 Å². The van der Waals surface area contributed by atoms with E-state index >= 15 is 0 Å². The normalized spacial score (nSPS) is 11.3. The van der Waals surface area contributed by atoms with E-state index in [-0.39, 0.29) is 27.8 Å². The monoisotopic (exact) mass is 390 g/mol. The van der Waals surface area contributed by atoms with Gasteiger partial charge in [-0.25, -0.2) is 4.98 Å². The van der Waals surface area contributed by atoms with E-state index in [2.05, 4.69) is 14.5 Å². The number of nitrogens with two attached hydrogens (primary N) is 1. The third kappa shape index (κ3) is 4.49. The lowest BCUT2D eigenvalue weighted by atomic mass is 10.1. The highest BCUT2D eigenvalue weighted by atomic mass is 127. The smallest absolute Gasteiger partial charge is 0.469 e. The molecule has 1 aromatic heterocycles. The highest BCUT2D eigenvalue weighted by molar-refractivity contribution is 14.1. The summed E-state index contributed by atoms with van der Waals surface area (Å²) in [4.78, 5) is 15.1. The summed E-state index contributed by atoms with van der Waals surface area (Å²) in [6.45, 7) is -0.191. The molecule has 0 aromatic carbocycles. The quantitative estimate of drug-likeness (QED) is 0.482. The van der Waals surface area contributed by atoms with Crippen LogP contribution >= 0.6 is 22.6 Å². The number of carbonyl (C=O) groups excluding carboxylic acids is 1. The molecule has 0 unspecified atom stereocenters. The third-order valence-electron chi connectivity index (χ3n) is 2.13. The Morgan fingerprint density at radius 3 is 2.63 bits per heavy atom. The van der Waals surface area contributed by atoms with Crippen molar-refractivity contribution in [3.63, 3.8) is 0 Å². The fourth-order valence-electron chi connectivity index (χ4n) is 1.32. The van der Waals surface area contributed by atoms with Crippen molar-refractivity contribution in [3.8, 4) is 5.75 Å². The minimum absolute atomic E-state index is 0.00715. The molecule has 1 rings (SSSR count). The van der Waals surface area contributed by atoms with Crippen LogP contribution in [0.5, 0.6) is 5.75 Å². The van der Waals surface area contributed by atoms with Crippen molar-refractivity contribution in [1.29, 1.82) is 0 Å². The maximum Gasteiger partial charge on any atom is 0.573 e. The van der Waals surface area contributed by atoms with Crippen LogP contribution in [0.4, 0.5) is 13.2 Å². The van der Waals surface area contributed by atoms with Gasteiger partial charge in [0.25, 0.3) is 0 Å². The average Bonchev–Trinajstić information content (AvgIpc) is 2.32. The van der Waals surface area contributed by atoms with Crippen LogP contribution < -0.4 is 10.5 Å². The lowest BCUT2D eigenvalue weighted by Crippen LogP contribution is -2.21. The standard InChI is InChI=1S/C10H10F3IN2O3/c1-18-7(17)2-6-8(19-10(11,12)13)5(3-15)4-16-9(6)14/h4H,2-3,15H2,1H3. The molecule has 0 saturated carbocycles. The second-order valence-corrected chi connectivity index (χ2v) is 4.41. The molecule has 0 radical (unpaired) electrons. The summed E-state index contributed by atoms with van der Waals surface area (Å²) in [6, 6.07) is 0. The van der Waals surface area contributed by atoms with E-state index in [1.54, 1.807) is 22.6 Å². The molecule has 5 nitrogen and oxygen atoms in total. The second kappa shape index (κ2) is 6.37. The molecular weight excluding hydrogens is 380 g/mol. The lowest BCUT2D eigenvalue weighted by molar-refractivity contribution is -0.275. The molecule has 2 N–H and O–H groups in total. The zero-order valence-corrected chi connectivity index (χ0v) is 11.9. The summed E-state index contributed by atoms with van der Waals surface area (Å²) in [5, 5.41) is 0. The SMILES string of the molecule is COC(=O)Cc1c(I)ncc(CN)c1OC(F)(F)F. The Morgan fingerprint density at radius 1 is 1.53 bits per heavy atom. The molecule has 0 aliphatic carbocycles. The molecule has 0 aliphatic heterocycles. The summed E-state index contributed by atoms with van der Waals surface area (Å²) in [6.07, 6.45) is -4.07. The highest BCUT2D eigenvalue weighted by Crippen LogP contribution is 2.32. The Morgan fingerprint density at radius 2 is 2.16 bits per heavy atom. The summed E-state index contributed by atoms with van der Waals surface area (Å²) >= 11 is 1.71. The van der Waals surface area contributed by atoms with Gasteiger partial charge in [0.1, 0.15) is 9.45 Å². The van der Waals surface area contributed by atoms with Crippen LogP contribution in [0.15, 0.2) is 6.20 Å². The van der Waals surface area contributed by atoms with Gasteiger partial charge in [-0.15, -0.1) is 13.2 Å². The Labute approximate surface area is 120 Å². The molecule has 0 spiro atoms. The van der Waals surface area contributed by atoms with Crippen LogP contribution in [0.3, 0.4) is 0 Å². The predicted octanol–water partition coefficient (Wildman–Crippen LogP) is 1.76. The van der Waals surface area contributed by atoms with Gasteiger partial charge in [-0.1, -0.05) is 0 Å². The topological polar surface area (TPSA) is 74.4 Å². The van der Waals surface area contributed by atoms with Gasteiger partial charge in [-0.3, -0.25) is 4.79 Å². The fourth-order valence-corrected chi connectivity index (χ4v) is 1.89. The molecule has 1 heterocycles. The molecule has 0 bridgehead atoms. The van der Waals surface area contributed by atoms with Crippen LogP contribution in [0.25, 0.3) is 0 Å². The second-order valence-electron chi connectivity index (χ2n) is 3.39. The van der Waals surface area contributed by atoms with Gasteiger partial charge in [-0.2, -0.15) is 0 Å². The highest BCUT2D eigenvalue weighted by Gasteiger charge is 2.34. The Kier molecular flexibility index (Phi) is 5.35. The summed E-state index contributed by atoms with van der Waals surface area (Å²) in [5.74, 6) is -1.18. The number of methoxy groups -OCH3 is 1. The Hall–Kier alpha value is -1.10. The molecule has 0 aliphatic rings. The molecule has 0 atom stereocenters. The van der Waals surface area contributed by atoms with Crippen molar-refractivity contribution in [2.24, 2.45) is 5.73 Å². The largest absolute Gasteiger partial charge is 0.573 e. The van der Waals surface area contributed by atoms with Gasteiger partial charge in [0.05, 0.1) is 13.5 Å². The van der Waals surface area contributed by atoms with Crippen molar-refractivity contribution in [1.82, 2.24) is 4.98 Å².